The molecule has 2 aromatic rings. The van der Waals surface area contributed by atoms with Crippen LogP contribution in [0.5, 0.6) is 0 Å². The highest BCUT2D eigenvalue weighted by molar-refractivity contribution is 7.57. The average Bonchev–Trinajstić information content (AvgIpc) is 3.00. The molecule has 3 atom stereocenters. The van der Waals surface area contributed by atoms with Crippen molar-refractivity contribution in [1.82, 2.24) is 0 Å². The van der Waals surface area contributed by atoms with Crippen LogP contribution in [0.1, 0.15) is 30.4 Å². The zero-order valence-corrected chi connectivity index (χ0v) is 14.7. The van der Waals surface area contributed by atoms with E-state index in [1.807, 2.05) is 47.2 Å². The number of carboxylic acids is 1. The Morgan fingerprint density at radius 2 is 1.96 bits per heavy atom. The van der Waals surface area contributed by atoms with E-state index in [2.05, 4.69) is 0 Å². The molecule has 1 aromatic heterocycles. The molecule has 0 amide bonds. The first-order valence-electron chi connectivity index (χ1n) is 7.47. The predicted octanol–water partition coefficient (Wildman–Crippen LogP) is 4.41. The second kappa shape index (κ2) is 7.91. The van der Waals surface area contributed by atoms with Crippen molar-refractivity contribution >= 4 is 24.7 Å². The number of carbonyl (C=O) groups is 1. The van der Waals surface area contributed by atoms with Crippen LogP contribution >= 0.6 is 18.7 Å². The second-order valence-electron chi connectivity index (χ2n) is 5.90. The van der Waals surface area contributed by atoms with Crippen LogP contribution in [0.2, 0.25) is 0 Å². The third-order valence-electron chi connectivity index (χ3n) is 3.85. The third kappa shape index (κ3) is 5.61. The van der Waals surface area contributed by atoms with Crippen LogP contribution in [0.15, 0.2) is 47.2 Å². The van der Waals surface area contributed by atoms with Crippen LogP contribution in [0, 0.1) is 5.92 Å². The molecule has 2 rings (SSSR count). The molecular weight excluding hydrogens is 331 g/mol. The first kappa shape index (κ1) is 17.9. The SMILES string of the molecule is CC(CC(CP(=O)(O)Cc1ccccc1)c1ccsc1)C(=O)O. The molecule has 4 nitrogen and oxygen atoms in total. The van der Waals surface area contributed by atoms with E-state index in [0.29, 0.717) is 6.42 Å². The van der Waals surface area contributed by atoms with Crippen LogP contribution < -0.4 is 0 Å². The zero-order valence-electron chi connectivity index (χ0n) is 13.0. The Labute approximate surface area is 140 Å². The Morgan fingerprint density at radius 1 is 1.26 bits per heavy atom. The van der Waals surface area contributed by atoms with Gasteiger partial charge in [0.1, 0.15) is 0 Å². The van der Waals surface area contributed by atoms with Gasteiger partial charge in [0, 0.05) is 12.3 Å². The molecule has 2 N–H and O–H groups in total. The lowest BCUT2D eigenvalue weighted by Gasteiger charge is -2.21. The fraction of sp³-hybridized carbons (Fsp3) is 0.353. The molecule has 0 aliphatic rings. The number of rotatable bonds is 8. The zero-order chi connectivity index (χ0) is 16.9. The fourth-order valence-electron chi connectivity index (χ4n) is 2.63. The lowest BCUT2D eigenvalue weighted by Crippen LogP contribution is -2.16. The van der Waals surface area contributed by atoms with Gasteiger partial charge in [-0.2, -0.15) is 11.3 Å². The van der Waals surface area contributed by atoms with Crippen LogP contribution in [0.4, 0.5) is 0 Å². The predicted molar refractivity (Wildman–Crippen MR) is 93.3 cm³/mol. The van der Waals surface area contributed by atoms with E-state index in [1.165, 1.54) is 11.3 Å². The van der Waals surface area contributed by atoms with Gasteiger partial charge in [0.2, 0.25) is 7.37 Å². The minimum atomic E-state index is -3.39. The number of hydrogen-bond donors (Lipinski definition) is 2. The van der Waals surface area contributed by atoms with Gasteiger partial charge >= 0.3 is 5.97 Å². The Morgan fingerprint density at radius 3 is 2.52 bits per heavy atom. The summed E-state index contributed by atoms with van der Waals surface area (Å²) in [5, 5.41) is 13.0. The van der Waals surface area contributed by atoms with E-state index >= 15 is 0 Å². The first-order chi connectivity index (χ1) is 10.9. The number of aliphatic carboxylic acids is 1. The number of carboxylic acid groups (broad SMARTS) is 1. The summed E-state index contributed by atoms with van der Waals surface area (Å²) in [6.07, 6.45) is 0.595. The summed E-state index contributed by atoms with van der Waals surface area (Å²) in [6.45, 7) is 1.64. The molecule has 23 heavy (non-hydrogen) atoms. The average molecular weight is 352 g/mol. The second-order valence-corrected chi connectivity index (χ2v) is 9.06. The van der Waals surface area contributed by atoms with Gasteiger partial charge in [0.05, 0.1) is 5.92 Å². The van der Waals surface area contributed by atoms with Crippen LogP contribution in [0.3, 0.4) is 0 Å². The van der Waals surface area contributed by atoms with Gasteiger partial charge in [-0.3, -0.25) is 9.36 Å². The summed E-state index contributed by atoms with van der Waals surface area (Å²) in [6, 6.07) is 11.1. The van der Waals surface area contributed by atoms with Gasteiger partial charge in [0.15, 0.2) is 0 Å². The van der Waals surface area contributed by atoms with Gasteiger partial charge in [0.25, 0.3) is 0 Å². The normalized spacial score (nSPS) is 16.4. The van der Waals surface area contributed by atoms with Gasteiger partial charge in [-0.25, -0.2) is 0 Å². The van der Waals surface area contributed by atoms with E-state index in [1.54, 1.807) is 6.92 Å². The Kier molecular flexibility index (Phi) is 6.17. The molecule has 0 bridgehead atoms. The number of thiophene rings is 1. The van der Waals surface area contributed by atoms with Crippen LogP contribution in [0.25, 0.3) is 0 Å². The van der Waals surface area contributed by atoms with Crippen molar-refractivity contribution in [3.8, 4) is 0 Å². The lowest BCUT2D eigenvalue weighted by molar-refractivity contribution is -0.141. The highest BCUT2D eigenvalue weighted by atomic mass is 32.1. The van der Waals surface area contributed by atoms with Crippen molar-refractivity contribution in [2.75, 3.05) is 6.16 Å². The van der Waals surface area contributed by atoms with Crippen molar-refractivity contribution in [3.63, 3.8) is 0 Å². The van der Waals surface area contributed by atoms with Gasteiger partial charge in [-0.05, 0) is 40.3 Å². The Balaban J connectivity index is 2.13. The molecule has 1 aromatic carbocycles. The van der Waals surface area contributed by atoms with E-state index in [-0.39, 0.29) is 18.2 Å². The van der Waals surface area contributed by atoms with E-state index in [0.717, 1.165) is 11.1 Å². The van der Waals surface area contributed by atoms with Crippen molar-refractivity contribution in [2.24, 2.45) is 5.92 Å². The summed E-state index contributed by atoms with van der Waals surface area (Å²) < 4.78 is 12.7. The Bertz CT molecular complexity index is 669. The van der Waals surface area contributed by atoms with Crippen LogP contribution in [-0.2, 0) is 15.5 Å². The van der Waals surface area contributed by atoms with Crippen molar-refractivity contribution in [2.45, 2.75) is 25.4 Å². The molecule has 3 unspecified atom stereocenters. The minimum absolute atomic E-state index is 0.107. The molecule has 0 spiro atoms. The molecular formula is C17H21O4PS. The molecule has 0 saturated carbocycles. The maximum Gasteiger partial charge on any atom is 0.306 e. The largest absolute Gasteiger partial charge is 0.481 e. The minimum Gasteiger partial charge on any atom is -0.481 e. The third-order valence-corrected chi connectivity index (χ3v) is 6.42. The highest BCUT2D eigenvalue weighted by Gasteiger charge is 2.28. The summed E-state index contributed by atoms with van der Waals surface area (Å²) in [7, 11) is -3.39. The number of benzene rings is 1. The molecule has 0 aliphatic carbocycles. The summed E-state index contributed by atoms with van der Waals surface area (Å²) in [4.78, 5) is 21.5. The molecule has 0 saturated heterocycles. The summed E-state index contributed by atoms with van der Waals surface area (Å²) >= 11 is 1.51. The molecule has 0 radical (unpaired) electrons. The monoisotopic (exact) mass is 352 g/mol. The van der Waals surface area contributed by atoms with Gasteiger partial charge in [-0.15, -0.1) is 0 Å². The quantitative estimate of drug-likeness (QED) is 0.690. The smallest absolute Gasteiger partial charge is 0.306 e. The van der Waals surface area contributed by atoms with Gasteiger partial charge < -0.3 is 10.00 Å². The van der Waals surface area contributed by atoms with Crippen molar-refractivity contribution in [3.05, 3.63) is 58.3 Å². The first-order valence-corrected chi connectivity index (χ1v) is 10.4. The van der Waals surface area contributed by atoms with E-state index in [9.17, 15) is 14.3 Å². The van der Waals surface area contributed by atoms with E-state index < -0.39 is 19.3 Å². The van der Waals surface area contributed by atoms with Crippen molar-refractivity contribution in [1.29, 1.82) is 0 Å². The molecule has 0 aliphatic heterocycles. The maximum atomic E-state index is 12.7. The maximum absolute atomic E-state index is 12.7. The summed E-state index contributed by atoms with van der Waals surface area (Å²) in [5.74, 6) is -1.63. The van der Waals surface area contributed by atoms with Crippen molar-refractivity contribution < 1.29 is 19.4 Å². The standard InChI is InChI=1S/C17H21O4PS/c1-13(17(18)19)9-16(15-7-8-23-12-15)11-22(20,21)10-14-5-3-2-4-6-14/h2-8,12-13,16H,9-11H2,1H3,(H,18,19)(H,20,21). The highest BCUT2D eigenvalue weighted by Crippen LogP contribution is 2.49. The lowest BCUT2D eigenvalue weighted by atomic mass is 9.93. The van der Waals surface area contributed by atoms with E-state index in [4.69, 9.17) is 5.11 Å². The Hall–Kier alpha value is -1.42. The molecule has 6 heteroatoms. The number of hydrogen-bond acceptors (Lipinski definition) is 3. The van der Waals surface area contributed by atoms with Crippen LogP contribution in [-0.4, -0.2) is 22.1 Å². The van der Waals surface area contributed by atoms with Gasteiger partial charge in [-0.1, -0.05) is 37.3 Å². The topological polar surface area (TPSA) is 74.6 Å². The molecule has 124 valence electrons. The molecule has 1 heterocycles. The molecule has 0 fully saturated rings. The fourth-order valence-corrected chi connectivity index (χ4v) is 5.33. The summed E-state index contributed by atoms with van der Waals surface area (Å²) in [5.41, 5.74) is 1.78.